The van der Waals surface area contributed by atoms with Crippen LogP contribution in [0.15, 0.2) is 29.2 Å². The Morgan fingerprint density at radius 1 is 1.33 bits per heavy atom. The van der Waals surface area contributed by atoms with Gasteiger partial charge in [-0.25, -0.2) is 21.9 Å². The van der Waals surface area contributed by atoms with Gasteiger partial charge in [0.25, 0.3) is 12.3 Å². The first-order valence-corrected chi connectivity index (χ1v) is 9.10. The molecule has 1 heterocycles. The molecule has 0 unspecified atom stereocenters. The zero-order chi connectivity index (χ0) is 17.7. The molecule has 24 heavy (non-hydrogen) atoms. The number of hydrogen-bond donors (Lipinski definition) is 2. The van der Waals surface area contributed by atoms with Crippen molar-refractivity contribution in [1.82, 2.24) is 9.62 Å². The van der Waals surface area contributed by atoms with E-state index in [1.54, 1.807) is 9.62 Å². The van der Waals surface area contributed by atoms with Crippen molar-refractivity contribution >= 4 is 15.9 Å². The minimum Gasteiger partial charge on any atom is -0.396 e. The summed E-state index contributed by atoms with van der Waals surface area (Å²) < 4.78 is 49.7. The number of rotatable bonds is 6. The zero-order valence-corrected chi connectivity index (χ0v) is 13.8. The van der Waals surface area contributed by atoms with Crippen LogP contribution in [0.1, 0.15) is 23.2 Å². The SMILES string of the molecule is O=C(c1ccc(S(=O)(=O)NCC(F)F)cc1)N1CCC[C@H](CO)C1. The molecule has 0 spiro atoms. The molecule has 1 fully saturated rings. The topological polar surface area (TPSA) is 86.7 Å². The van der Waals surface area contributed by atoms with Crippen LogP contribution in [0, 0.1) is 5.92 Å². The summed E-state index contributed by atoms with van der Waals surface area (Å²) in [6.45, 7) is 0.118. The monoisotopic (exact) mass is 362 g/mol. The highest BCUT2D eigenvalue weighted by atomic mass is 32.2. The molecule has 2 rings (SSSR count). The number of benzene rings is 1. The quantitative estimate of drug-likeness (QED) is 0.793. The maximum absolute atomic E-state index is 12.4. The van der Waals surface area contributed by atoms with E-state index in [9.17, 15) is 27.1 Å². The predicted molar refractivity (Wildman–Crippen MR) is 83.3 cm³/mol. The van der Waals surface area contributed by atoms with Gasteiger partial charge in [0.05, 0.1) is 11.4 Å². The van der Waals surface area contributed by atoms with E-state index in [2.05, 4.69) is 0 Å². The molecule has 0 aliphatic carbocycles. The number of aliphatic hydroxyl groups is 1. The number of nitrogens with zero attached hydrogens (tertiary/aromatic N) is 1. The van der Waals surface area contributed by atoms with Crippen LogP contribution >= 0.6 is 0 Å². The van der Waals surface area contributed by atoms with E-state index in [1.807, 2.05) is 0 Å². The van der Waals surface area contributed by atoms with Crippen molar-refractivity contribution in [3.8, 4) is 0 Å². The highest BCUT2D eigenvalue weighted by molar-refractivity contribution is 7.89. The van der Waals surface area contributed by atoms with Gasteiger partial charge in [0.1, 0.15) is 0 Å². The Bertz CT molecular complexity index is 665. The third kappa shape index (κ3) is 4.71. The largest absolute Gasteiger partial charge is 0.396 e. The molecule has 6 nitrogen and oxygen atoms in total. The Hall–Kier alpha value is -1.58. The molecule has 0 aromatic heterocycles. The smallest absolute Gasteiger partial charge is 0.253 e. The zero-order valence-electron chi connectivity index (χ0n) is 13.0. The van der Waals surface area contributed by atoms with Gasteiger partial charge >= 0.3 is 0 Å². The average Bonchev–Trinajstić information content (AvgIpc) is 2.59. The van der Waals surface area contributed by atoms with Crippen molar-refractivity contribution in [2.45, 2.75) is 24.2 Å². The summed E-state index contributed by atoms with van der Waals surface area (Å²) in [6.07, 6.45) is -1.10. The van der Waals surface area contributed by atoms with Gasteiger partial charge in [-0.05, 0) is 43.0 Å². The van der Waals surface area contributed by atoms with Crippen molar-refractivity contribution < 1.29 is 27.1 Å². The minimum atomic E-state index is -4.02. The number of aliphatic hydroxyl groups excluding tert-OH is 1. The fourth-order valence-corrected chi connectivity index (χ4v) is 3.62. The first kappa shape index (κ1) is 18.8. The summed E-state index contributed by atoms with van der Waals surface area (Å²) in [7, 11) is -4.02. The summed E-state index contributed by atoms with van der Waals surface area (Å²) in [6, 6.07) is 5.16. The summed E-state index contributed by atoms with van der Waals surface area (Å²) in [5.41, 5.74) is 0.321. The van der Waals surface area contributed by atoms with Gasteiger partial charge in [-0.1, -0.05) is 0 Å². The number of piperidine rings is 1. The van der Waals surface area contributed by atoms with Crippen LogP contribution in [0.3, 0.4) is 0 Å². The van der Waals surface area contributed by atoms with E-state index in [4.69, 9.17) is 0 Å². The number of likely N-dealkylation sites (tertiary alicyclic amines) is 1. The van der Waals surface area contributed by atoms with E-state index in [-0.39, 0.29) is 23.3 Å². The molecule has 1 saturated heterocycles. The standard InChI is InChI=1S/C15H20F2N2O4S/c16-14(17)8-18-24(22,23)13-5-3-12(4-6-13)15(21)19-7-1-2-11(9-19)10-20/h3-6,11,14,18,20H,1-2,7-10H2/t11-/m0/s1. The Morgan fingerprint density at radius 2 is 2.00 bits per heavy atom. The van der Waals surface area contributed by atoms with Gasteiger partial charge in [0.2, 0.25) is 10.0 Å². The molecular weight excluding hydrogens is 342 g/mol. The van der Waals surface area contributed by atoms with E-state index in [0.29, 0.717) is 18.7 Å². The Morgan fingerprint density at radius 3 is 2.58 bits per heavy atom. The van der Waals surface area contributed by atoms with Crippen LogP contribution in [0.5, 0.6) is 0 Å². The minimum absolute atomic E-state index is 0.0246. The molecule has 134 valence electrons. The number of nitrogens with one attached hydrogen (secondary N) is 1. The first-order chi connectivity index (χ1) is 11.3. The van der Waals surface area contributed by atoms with E-state index in [1.165, 1.54) is 24.3 Å². The highest BCUT2D eigenvalue weighted by Gasteiger charge is 2.24. The molecule has 1 aromatic rings. The molecule has 0 bridgehead atoms. The van der Waals surface area contributed by atoms with E-state index < -0.39 is 23.0 Å². The van der Waals surface area contributed by atoms with Crippen LogP contribution in [0.2, 0.25) is 0 Å². The van der Waals surface area contributed by atoms with Crippen LogP contribution in [0.25, 0.3) is 0 Å². The van der Waals surface area contributed by atoms with Gasteiger partial charge in [0.15, 0.2) is 0 Å². The fourth-order valence-electron chi connectivity index (χ4n) is 2.61. The Balaban J connectivity index is 2.07. The molecule has 1 aliphatic heterocycles. The average molecular weight is 362 g/mol. The van der Waals surface area contributed by atoms with Gasteiger partial charge in [-0.2, -0.15) is 0 Å². The molecule has 0 saturated carbocycles. The lowest BCUT2D eigenvalue weighted by atomic mass is 9.98. The molecule has 0 radical (unpaired) electrons. The van der Waals surface area contributed by atoms with Crippen LogP contribution in [-0.2, 0) is 10.0 Å². The number of halogens is 2. The summed E-state index contributed by atoms with van der Waals surface area (Å²) >= 11 is 0. The molecule has 1 aromatic carbocycles. The number of carbonyl (C=O) groups excluding carboxylic acids is 1. The third-order valence-electron chi connectivity index (χ3n) is 3.90. The van der Waals surface area contributed by atoms with Gasteiger partial charge in [0, 0.05) is 25.3 Å². The van der Waals surface area contributed by atoms with E-state index >= 15 is 0 Å². The summed E-state index contributed by atoms with van der Waals surface area (Å²) in [5.74, 6) is -0.182. The highest BCUT2D eigenvalue weighted by Crippen LogP contribution is 2.19. The number of amides is 1. The van der Waals surface area contributed by atoms with Crippen molar-refractivity contribution in [3.63, 3.8) is 0 Å². The van der Waals surface area contributed by atoms with Crippen molar-refractivity contribution in [3.05, 3.63) is 29.8 Å². The normalized spacial score (nSPS) is 18.8. The predicted octanol–water partition coefficient (Wildman–Crippen LogP) is 1.07. The fraction of sp³-hybridized carbons (Fsp3) is 0.533. The lowest BCUT2D eigenvalue weighted by molar-refractivity contribution is 0.0620. The van der Waals surface area contributed by atoms with Crippen molar-refractivity contribution in [2.24, 2.45) is 5.92 Å². The molecular formula is C15H20F2N2O4S. The first-order valence-electron chi connectivity index (χ1n) is 7.61. The maximum Gasteiger partial charge on any atom is 0.253 e. The van der Waals surface area contributed by atoms with Crippen LogP contribution in [0.4, 0.5) is 8.78 Å². The van der Waals surface area contributed by atoms with Crippen LogP contribution < -0.4 is 4.72 Å². The maximum atomic E-state index is 12.4. The lowest BCUT2D eigenvalue weighted by Gasteiger charge is -2.31. The van der Waals surface area contributed by atoms with Crippen molar-refractivity contribution in [2.75, 3.05) is 26.2 Å². The lowest BCUT2D eigenvalue weighted by Crippen LogP contribution is -2.40. The van der Waals surface area contributed by atoms with Gasteiger partial charge in [-0.3, -0.25) is 4.79 Å². The van der Waals surface area contributed by atoms with Gasteiger partial charge < -0.3 is 10.0 Å². The molecule has 1 aliphatic rings. The molecule has 1 atom stereocenters. The number of alkyl halides is 2. The molecule has 9 heteroatoms. The third-order valence-corrected chi connectivity index (χ3v) is 5.34. The van der Waals surface area contributed by atoms with Crippen molar-refractivity contribution in [1.29, 1.82) is 0 Å². The van der Waals surface area contributed by atoms with Crippen LogP contribution in [-0.4, -0.2) is 57.0 Å². The Kier molecular flexibility index (Phi) is 6.25. The van der Waals surface area contributed by atoms with E-state index in [0.717, 1.165) is 12.8 Å². The number of hydrogen-bond acceptors (Lipinski definition) is 4. The van der Waals surface area contributed by atoms with Gasteiger partial charge in [-0.15, -0.1) is 0 Å². The summed E-state index contributed by atoms with van der Waals surface area (Å²) in [4.78, 5) is 13.9. The Labute approximate surface area is 139 Å². The second-order valence-corrected chi connectivity index (χ2v) is 7.48. The summed E-state index contributed by atoms with van der Waals surface area (Å²) in [5, 5.41) is 9.21. The molecule has 2 N–H and O–H groups in total. The second-order valence-electron chi connectivity index (χ2n) is 5.71. The second kappa shape index (κ2) is 8.00. The number of sulfonamides is 1. The number of carbonyl (C=O) groups is 1. The molecule has 1 amide bonds.